The number of nitrogen functional groups attached to an aromatic ring is 1. The van der Waals surface area contributed by atoms with E-state index in [1.165, 1.54) is 0 Å². The molecule has 4 nitrogen and oxygen atoms in total. The lowest BCUT2D eigenvalue weighted by atomic mass is 10.1. The van der Waals surface area contributed by atoms with Gasteiger partial charge in [-0.25, -0.2) is 0 Å². The van der Waals surface area contributed by atoms with E-state index in [1.54, 1.807) is 31.2 Å². The van der Waals surface area contributed by atoms with Gasteiger partial charge in [0.15, 0.2) is 0 Å². The molecule has 0 aromatic heterocycles. The minimum absolute atomic E-state index is 0.0371. The van der Waals surface area contributed by atoms with E-state index >= 15 is 0 Å². The molecule has 0 bridgehead atoms. The Morgan fingerprint density at radius 1 is 1.53 bits per heavy atom. The Hall–Kier alpha value is -1.55. The average molecular weight is 236 g/mol. The summed E-state index contributed by atoms with van der Waals surface area (Å²) in [5.74, 6) is -0.0405. The third-order valence-corrected chi connectivity index (χ3v) is 2.92. The Morgan fingerprint density at radius 2 is 2.18 bits per heavy atom. The maximum absolute atomic E-state index is 12.1. The number of carbonyl (C=O) groups excluding carboxylic acids is 1. The number of benzene rings is 1. The number of nitrogens with two attached hydrogens (primary N) is 1. The van der Waals surface area contributed by atoms with Crippen LogP contribution < -0.4 is 5.73 Å². The molecule has 2 N–H and O–H groups in total. The fraction of sp³-hybridized carbons (Fsp3) is 0.462. The Bertz CT molecular complexity index is 404. The van der Waals surface area contributed by atoms with Crippen LogP contribution in [0.15, 0.2) is 18.2 Å². The van der Waals surface area contributed by atoms with E-state index in [0.29, 0.717) is 17.9 Å². The second-order valence-electron chi connectivity index (χ2n) is 4.29. The van der Waals surface area contributed by atoms with Gasteiger partial charge >= 0.3 is 0 Å². The first-order chi connectivity index (χ1) is 7.97. The van der Waals surface area contributed by atoms with E-state index in [4.69, 9.17) is 10.5 Å². The number of anilines is 1. The molecule has 1 unspecified atom stereocenters. The zero-order chi connectivity index (χ0) is 13.0. The van der Waals surface area contributed by atoms with Crippen molar-refractivity contribution in [1.82, 2.24) is 4.90 Å². The smallest absolute Gasteiger partial charge is 0.253 e. The number of hydrogen-bond donors (Lipinski definition) is 1. The normalized spacial score (nSPS) is 12.2. The summed E-state index contributed by atoms with van der Waals surface area (Å²) in [4.78, 5) is 13.8. The first kappa shape index (κ1) is 13.5. The van der Waals surface area contributed by atoms with Crippen LogP contribution >= 0.6 is 0 Å². The summed E-state index contributed by atoms with van der Waals surface area (Å²) in [5, 5.41) is 0. The van der Waals surface area contributed by atoms with E-state index in [0.717, 1.165) is 5.56 Å². The van der Waals surface area contributed by atoms with Crippen molar-refractivity contribution < 1.29 is 9.53 Å². The number of amides is 1. The molecule has 94 valence electrons. The van der Waals surface area contributed by atoms with Crippen LogP contribution in [0.4, 0.5) is 5.69 Å². The van der Waals surface area contributed by atoms with Crippen molar-refractivity contribution in [2.24, 2.45) is 0 Å². The Morgan fingerprint density at radius 3 is 2.71 bits per heavy atom. The highest BCUT2D eigenvalue weighted by molar-refractivity contribution is 5.95. The third kappa shape index (κ3) is 3.20. The molecule has 0 aliphatic rings. The van der Waals surface area contributed by atoms with Crippen molar-refractivity contribution in [2.75, 3.05) is 26.5 Å². The molecule has 0 saturated carbocycles. The van der Waals surface area contributed by atoms with Crippen LogP contribution in [0.1, 0.15) is 22.8 Å². The third-order valence-electron chi connectivity index (χ3n) is 2.92. The van der Waals surface area contributed by atoms with Gasteiger partial charge in [0.2, 0.25) is 0 Å². The van der Waals surface area contributed by atoms with Gasteiger partial charge in [-0.1, -0.05) is 6.07 Å². The lowest BCUT2D eigenvalue weighted by Crippen LogP contribution is -2.37. The van der Waals surface area contributed by atoms with Crippen LogP contribution in [0, 0.1) is 6.92 Å². The maximum Gasteiger partial charge on any atom is 0.253 e. The van der Waals surface area contributed by atoms with Crippen LogP contribution in [0.2, 0.25) is 0 Å². The van der Waals surface area contributed by atoms with Gasteiger partial charge in [-0.3, -0.25) is 4.79 Å². The Balaban J connectivity index is 2.85. The van der Waals surface area contributed by atoms with Gasteiger partial charge in [0.05, 0.1) is 12.6 Å². The van der Waals surface area contributed by atoms with E-state index in [1.807, 2.05) is 19.9 Å². The summed E-state index contributed by atoms with van der Waals surface area (Å²) < 4.78 is 5.04. The predicted octanol–water partition coefficient (Wildman–Crippen LogP) is 1.68. The molecule has 0 spiro atoms. The molecule has 1 aromatic carbocycles. The zero-order valence-electron chi connectivity index (χ0n) is 10.9. The lowest BCUT2D eigenvalue weighted by molar-refractivity contribution is 0.0633. The Kier molecular flexibility index (Phi) is 4.52. The number of rotatable bonds is 4. The predicted molar refractivity (Wildman–Crippen MR) is 69.0 cm³/mol. The zero-order valence-corrected chi connectivity index (χ0v) is 10.9. The molecule has 1 rings (SSSR count). The number of methoxy groups -OCH3 is 1. The summed E-state index contributed by atoms with van der Waals surface area (Å²) in [7, 11) is 3.39. The lowest BCUT2D eigenvalue weighted by Gasteiger charge is -2.24. The first-order valence-electron chi connectivity index (χ1n) is 5.59. The van der Waals surface area contributed by atoms with E-state index in [9.17, 15) is 4.79 Å². The minimum atomic E-state index is -0.0405. The molecule has 0 saturated heterocycles. The molecule has 4 heteroatoms. The molecule has 0 aliphatic carbocycles. The highest BCUT2D eigenvalue weighted by Crippen LogP contribution is 2.15. The molecule has 0 radical (unpaired) electrons. The molecule has 1 atom stereocenters. The van der Waals surface area contributed by atoms with Gasteiger partial charge in [-0.15, -0.1) is 0 Å². The Labute approximate surface area is 102 Å². The highest BCUT2D eigenvalue weighted by atomic mass is 16.5. The number of nitrogens with zero attached hydrogens (tertiary/aromatic N) is 1. The van der Waals surface area contributed by atoms with E-state index in [2.05, 4.69) is 0 Å². The fourth-order valence-corrected chi connectivity index (χ4v) is 1.53. The molecular formula is C13H20N2O2. The van der Waals surface area contributed by atoms with Crippen molar-refractivity contribution in [2.45, 2.75) is 19.9 Å². The fourth-order valence-electron chi connectivity index (χ4n) is 1.53. The van der Waals surface area contributed by atoms with Crippen molar-refractivity contribution in [3.8, 4) is 0 Å². The number of ether oxygens (including phenoxy) is 1. The topological polar surface area (TPSA) is 55.6 Å². The van der Waals surface area contributed by atoms with Gasteiger partial charge in [0.1, 0.15) is 0 Å². The molecule has 0 fully saturated rings. The standard InChI is InChI=1S/C13H20N2O2/c1-9-5-6-11(7-12(9)14)13(16)15(3)10(2)8-17-4/h5-7,10H,8,14H2,1-4H3. The molecule has 17 heavy (non-hydrogen) atoms. The molecule has 0 aliphatic heterocycles. The number of carbonyl (C=O) groups is 1. The quantitative estimate of drug-likeness (QED) is 0.809. The summed E-state index contributed by atoms with van der Waals surface area (Å²) in [6.07, 6.45) is 0. The number of likely N-dealkylation sites (N-methyl/N-ethyl adjacent to an activating group) is 1. The number of aryl methyl sites for hydroxylation is 1. The van der Waals surface area contributed by atoms with Crippen LogP contribution in [0.25, 0.3) is 0 Å². The summed E-state index contributed by atoms with van der Waals surface area (Å²) in [6, 6.07) is 5.41. The van der Waals surface area contributed by atoms with Crippen molar-refractivity contribution in [3.05, 3.63) is 29.3 Å². The first-order valence-corrected chi connectivity index (χ1v) is 5.59. The minimum Gasteiger partial charge on any atom is -0.398 e. The second kappa shape index (κ2) is 5.68. The average Bonchev–Trinajstić information content (AvgIpc) is 2.31. The van der Waals surface area contributed by atoms with Crippen LogP contribution in [-0.2, 0) is 4.74 Å². The van der Waals surface area contributed by atoms with Crippen LogP contribution in [0.3, 0.4) is 0 Å². The van der Waals surface area contributed by atoms with Gasteiger partial charge in [-0.2, -0.15) is 0 Å². The van der Waals surface area contributed by atoms with Gasteiger partial charge < -0.3 is 15.4 Å². The second-order valence-corrected chi connectivity index (χ2v) is 4.29. The molecular weight excluding hydrogens is 216 g/mol. The monoisotopic (exact) mass is 236 g/mol. The number of hydrogen-bond acceptors (Lipinski definition) is 3. The summed E-state index contributed by atoms with van der Waals surface area (Å²) in [5.41, 5.74) is 8.03. The van der Waals surface area contributed by atoms with E-state index in [-0.39, 0.29) is 11.9 Å². The SMILES string of the molecule is COCC(C)N(C)C(=O)c1ccc(C)c(N)c1. The summed E-state index contributed by atoms with van der Waals surface area (Å²) >= 11 is 0. The largest absolute Gasteiger partial charge is 0.398 e. The highest BCUT2D eigenvalue weighted by Gasteiger charge is 2.17. The van der Waals surface area contributed by atoms with Gasteiger partial charge in [0, 0.05) is 25.4 Å². The van der Waals surface area contributed by atoms with Crippen molar-refractivity contribution in [3.63, 3.8) is 0 Å². The van der Waals surface area contributed by atoms with Crippen LogP contribution in [0.5, 0.6) is 0 Å². The molecule has 1 aromatic rings. The molecule has 1 amide bonds. The summed E-state index contributed by atoms with van der Waals surface area (Å²) in [6.45, 7) is 4.38. The maximum atomic E-state index is 12.1. The molecule has 0 heterocycles. The van der Waals surface area contributed by atoms with Gasteiger partial charge in [0.25, 0.3) is 5.91 Å². The van der Waals surface area contributed by atoms with Crippen molar-refractivity contribution in [1.29, 1.82) is 0 Å². The van der Waals surface area contributed by atoms with Crippen LogP contribution in [-0.4, -0.2) is 37.6 Å². The van der Waals surface area contributed by atoms with E-state index < -0.39 is 0 Å². The van der Waals surface area contributed by atoms with Crippen molar-refractivity contribution >= 4 is 11.6 Å². The van der Waals surface area contributed by atoms with Gasteiger partial charge in [-0.05, 0) is 31.5 Å².